The molecule has 0 spiro atoms. The number of anilines is 1. The third-order valence-electron chi connectivity index (χ3n) is 2.85. The molecule has 1 aromatic heterocycles. The Hall–Kier alpha value is -2.47. The summed E-state index contributed by atoms with van der Waals surface area (Å²) in [7, 11) is 3.37. The lowest BCUT2D eigenvalue weighted by Gasteiger charge is -2.07. The van der Waals surface area contributed by atoms with E-state index in [1.54, 1.807) is 27.1 Å². The van der Waals surface area contributed by atoms with E-state index < -0.39 is 0 Å². The summed E-state index contributed by atoms with van der Waals surface area (Å²) in [6, 6.07) is 9.54. The second-order valence-electron chi connectivity index (χ2n) is 4.87. The molecule has 2 amide bonds. The quantitative estimate of drug-likeness (QED) is 0.883. The summed E-state index contributed by atoms with van der Waals surface area (Å²) in [6.07, 6.45) is 3.17. The van der Waals surface area contributed by atoms with E-state index in [0.717, 1.165) is 5.56 Å². The highest BCUT2D eigenvalue weighted by molar-refractivity contribution is 7.17. The molecule has 0 unspecified atom stereocenters. The predicted octanol–water partition coefficient (Wildman–Crippen LogP) is 2.81. The average Bonchev–Trinajstić information content (AvgIpc) is 2.85. The molecule has 1 heterocycles. The zero-order valence-electron chi connectivity index (χ0n) is 12.7. The van der Waals surface area contributed by atoms with Gasteiger partial charge in [-0.2, -0.15) is 0 Å². The smallest absolute Gasteiger partial charge is 0.265 e. The van der Waals surface area contributed by atoms with Gasteiger partial charge < -0.3 is 4.90 Å². The molecule has 22 heavy (non-hydrogen) atoms. The van der Waals surface area contributed by atoms with Crippen molar-refractivity contribution < 1.29 is 9.59 Å². The highest BCUT2D eigenvalue weighted by atomic mass is 32.1. The van der Waals surface area contributed by atoms with Crippen LogP contribution in [-0.2, 0) is 4.79 Å². The number of carbonyl (C=O) groups is 2. The number of aryl methyl sites for hydroxylation is 1. The molecule has 0 saturated heterocycles. The fourth-order valence-corrected chi connectivity index (χ4v) is 2.73. The van der Waals surface area contributed by atoms with E-state index >= 15 is 0 Å². The van der Waals surface area contributed by atoms with Gasteiger partial charge in [-0.15, -0.1) is 0 Å². The van der Waals surface area contributed by atoms with Gasteiger partial charge in [-0.1, -0.05) is 41.7 Å². The fourth-order valence-electron chi connectivity index (χ4n) is 1.73. The van der Waals surface area contributed by atoms with Crippen LogP contribution >= 0.6 is 11.3 Å². The van der Waals surface area contributed by atoms with Crippen molar-refractivity contribution in [2.75, 3.05) is 19.4 Å². The first kappa shape index (κ1) is 15.9. The van der Waals surface area contributed by atoms with Crippen LogP contribution in [0.1, 0.15) is 20.9 Å². The van der Waals surface area contributed by atoms with Gasteiger partial charge in [0.2, 0.25) is 5.91 Å². The number of benzene rings is 1. The van der Waals surface area contributed by atoms with Crippen molar-refractivity contribution in [3.63, 3.8) is 0 Å². The fraction of sp³-hybridized carbons (Fsp3) is 0.188. The van der Waals surface area contributed by atoms with Gasteiger partial charge in [-0.3, -0.25) is 14.9 Å². The summed E-state index contributed by atoms with van der Waals surface area (Å²) in [5.74, 6) is -0.392. The van der Waals surface area contributed by atoms with Crippen molar-refractivity contribution in [2.45, 2.75) is 6.92 Å². The molecule has 2 aromatic rings. The lowest BCUT2D eigenvalue weighted by Crippen LogP contribution is -2.21. The first-order valence-electron chi connectivity index (χ1n) is 6.70. The van der Waals surface area contributed by atoms with E-state index in [-0.39, 0.29) is 11.8 Å². The van der Waals surface area contributed by atoms with Crippen LogP contribution < -0.4 is 5.32 Å². The summed E-state index contributed by atoms with van der Waals surface area (Å²) in [5.41, 5.74) is 1.56. The number of amides is 2. The van der Waals surface area contributed by atoms with E-state index in [1.165, 1.54) is 22.3 Å². The van der Waals surface area contributed by atoms with Crippen molar-refractivity contribution in [3.05, 3.63) is 52.5 Å². The molecule has 0 bridgehead atoms. The van der Waals surface area contributed by atoms with E-state index in [4.69, 9.17) is 0 Å². The number of nitrogens with one attached hydrogen (secondary N) is 1. The predicted molar refractivity (Wildman–Crippen MR) is 89.0 cm³/mol. The summed E-state index contributed by atoms with van der Waals surface area (Å²) >= 11 is 1.18. The maximum Gasteiger partial charge on any atom is 0.265 e. The molecule has 2 rings (SSSR count). The highest BCUT2D eigenvalue weighted by Crippen LogP contribution is 2.23. The molecule has 114 valence electrons. The number of aromatic nitrogens is 1. The summed E-state index contributed by atoms with van der Waals surface area (Å²) in [4.78, 5) is 30.1. The van der Waals surface area contributed by atoms with Gasteiger partial charge in [0.1, 0.15) is 4.88 Å². The van der Waals surface area contributed by atoms with Crippen LogP contribution in [0.2, 0.25) is 0 Å². The Morgan fingerprint density at radius 2 is 1.91 bits per heavy atom. The van der Waals surface area contributed by atoms with Gasteiger partial charge in [0.15, 0.2) is 5.13 Å². The monoisotopic (exact) mass is 315 g/mol. The number of nitrogens with zero attached hydrogens (tertiary/aromatic N) is 2. The topological polar surface area (TPSA) is 62.3 Å². The third-order valence-corrected chi connectivity index (χ3v) is 3.91. The molecule has 6 heteroatoms. The maximum absolute atomic E-state index is 11.9. The molecular formula is C16H17N3O2S. The average molecular weight is 315 g/mol. The highest BCUT2D eigenvalue weighted by Gasteiger charge is 2.17. The first-order chi connectivity index (χ1) is 10.5. The number of carbonyl (C=O) groups excluding carboxylic acids is 2. The van der Waals surface area contributed by atoms with Gasteiger partial charge >= 0.3 is 0 Å². The summed E-state index contributed by atoms with van der Waals surface area (Å²) in [6.45, 7) is 1.75. The minimum Gasteiger partial charge on any atom is -0.344 e. The van der Waals surface area contributed by atoms with Gasteiger partial charge in [-0.05, 0) is 18.6 Å². The molecule has 0 aliphatic heterocycles. The zero-order valence-corrected chi connectivity index (χ0v) is 13.5. The summed E-state index contributed by atoms with van der Waals surface area (Å²) < 4.78 is 0. The van der Waals surface area contributed by atoms with Gasteiger partial charge in [0, 0.05) is 20.2 Å². The number of hydrogen-bond acceptors (Lipinski definition) is 4. The second-order valence-corrected chi connectivity index (χ2v) is 5.87. The zero-order chi connectivity index (χ0) is 16.1. The molecule has 0 saturated carbocycles. The van der Waals surface area contributed by atoms with Crippen LogP contribution in [-0.4, -0.2) is 35.8 Å². The molecule has 1 N–H and O–H groups in total. The van der Waals surface area contributed by atoms with Gasteiger partial charge in [0.25, 0.3) is 5.91 Å². The standard InChI is InChI=1S/C16H17N3O2S/c1-11-14(15(21)19(2)3)22-16(17-11)18-13(20)10-9-12-7-5-4-6-8-12/h4-10H,1-3H3,(H,17,18,20)/b10-9-. The van der Waals surface area contributed by atoms with Crippen LogP contribution in [0.4, 0.5) is 5.13 Å². The largest absolute Gasteiger partial charge is 0.344 e. The van der Waals surface area contributed by atoms with Crippen LogP contribution in [0.5, 0.6) is 0 Å². The molecule has 0 atom stereocenters. The number of rotatable bonds is 4. The first-order valence-corrected chi connectivity index (χ1v) is 7.52. The van der Waals surface area contributed by atoms with Crippen LogP contribution in [0.15, 0.2) is 36.4 Å². The van der Waals surface area contributed by atoms with Crippen molar-refractivity contribution in [2.24, 2.45) is 0 Å². The minimum atomic E-state index is -0.276. The molecule has 0 fully saturated rings. The molecule has 1 aromatic carbocycles. The SMILES string of the molecule is Cc1nc(NC(=O)/C=C\c2ccccc2)sc1C(=O)N(C)C. The Kier molecular flexibility index (Phi) is 5.06. The molecule has 0 radical (unpaired) electrons. The lowest BCUT2D eigenvalue weighted by molar-refractivity contribution is -0.111. The molecule has 0 aliphatic carbocycles. The van der Waals surface area contributed by atoms with Crippen molar-refractivity contribution >= 4 is 34.4 Å². The number of hydrogen-bond donors (Lipinski definition) is 1. The van der Waals surface area contributed by atoms with E-state index in [2.05, 4.69) is 10.3 Å². The van der Waals surface area contributed by atoms with Crippen molar-refractivity contribution in [3.8, 4) is 0 Å². The minimum absolute atomic E-state index is 0.115. The summed E-state index contributed by atoms with van der Waals surface area (Å²) in [5, 5.41) is 3.10. The maximum atomic E-state index is 11.9. The van der Waals surface area contributed by atoms with Gasteiger partial charge in [0.05, 0.1) is 5.69 Å². The normalized spacial score (nSPS) is 10.7. The van der Waals surface area contributed by atoms with E-state index in [9.17, 15) is 9.59 Å². The molecular weight excluding hydrogens is 298 g/mol. The van der Waals surface area contributed by atoms with Crippen molar-refractivity contribution in [1.82, 2.24) is 9.88 Å². The lowest BCUT2D eigenvalue weighted by atomic mass is 10.2. The Labute approximate surface area is 133 Å². The Morgan fingerprint density at radius 1 is 1.23 bits per heavy atom. The second kappa shape index (κ2) is 7.00. The van der Waals surface area contributed by atoms with E-state index in [1.807, 2.05) is 30.3 Å². The molecule has 5 nitrogen and oxygen atoms in total. The Morgan fingerprint density at radius 3 is 2.55 bits per heavy atom. The van der Waals surface area contributed by atoms with Crippen molar-refractivity contribution in [1.29, 1.82) is 0 Å². The van der Waals surface area contributed by atoms with Gasteiger partial charge in [-0.25, -0.2) is 4.98 Å². The van der Waals surface area contributed by atoms with E-state index in [0.29, 0.717) is 15.7 Å². The Bertz CT molecular complexity index is 705. The van der Waals surface area contributed by atoms with Crippen LogP contribution in [0, 0.1) is 6.92 Å². The number of thiazole rings is 1. The molecule has 0 aliphatic rings. The van der Waals surface area contributed by atoms with Crippen LogP contribution in [0.25, 0.3) is 6.08 Å². The van der Waals surface area contributed by atoms with Crippen LogP contribution in [0.3, 0.4) is 0 Å². The Balaban J connectivity index is 2.05. The third kappa shape index (κ3) is 4.02.